The molecule has 1 aromatic heterocycles. The zero-order chi connectivity index (χ0) is 13.8. The van der Waals surface area contributed by atoms with Gasteiger partial charge in [-0.3, -0.25) is 0 Å². The lowest BCUT2D eigenvalue weighted by molar-refractivity contribution is 0.430. The Balaban J connectivity index is 2.09. The van der Waals surface area contributed by atoms with Gasteiger partial charge in [0.25, 0.3) is 0 Å². The summed E-state index contributed by atoms with van der Waals surface area (Å²) in [4.78, 5) is 1.54. The second-order valence-electron chi connectivity index (χ2n) is 5.43. The molecule has 1 rings (SSSR count). The van der Waals surface area contributed by atoms with Gasteiger partial charge in [-0.2, -0.15) is 0 Å². The molecule has 19 heavy (non-hydrogen) atoms. The molecular formula is C17H31NS. The number of hydrogen-bond acceptors (Lipinski definition) is 2. The third kappa shape index (κ3) is 8.43. The van der Waals surface area contributed by atoms with Crippen LogP contribution in [0.2, 0.25) is 0 Å². The third-order valence-electron chi connectivity index (χ3n) is 3.70. The van der Waals surface area contributed by atoms with Gasteiger partial charge in [0.2, 0.25) is 0 Å². The Hall–Kier alpha value is -0.340. The van der Waals surface area contributed by atoms with Crippen LogP contribution in [0.4, 0.5) is 0 Å². The summed E-state index contributed by atoms with van der Waals surface area (Å²) in [6, 6.07) is 5.17. The van der Waals surface area contributed by atoms with Gasteiger partial charge in [-0.25, -0.2) is 0 Å². The van der Waals surface area contributed by atoms with E-state index in [1.165, 1.54) is 62.7 Å². The van der Waals surface area contributed by atoms with Gasteiger partial charge in [-0.15, -0.1) is 11.3 Å². The maximum absolute atomic E-state index is 3.66. The van der Waals surface area contributed by atoms with Crippen molar-refractivity contribution < 1.29 is 0 Å². The van der Waals surface area contributed by atoms with Crippen LogP contribution in [0.15, 0.2) is 17.5 Å². The lowest BCUT2D eigenvalue weighted by atomic mass is 10.0. The summed E-state index contributed by atoms with van der Waals surface area (Å²) in [6.07, 6.45) is 12.3. The van der Waals surface area contributed by atoms with Crippen molar-refractivity contribution in [3.05, 3.63) is 22.4 Å². The maximum Gasteiger partial charge on any atom is 0.00670 e. The molecule has 0 fully saturated rings. The van der Waals surface area contributed by atoms with E-state index < -0.39 is 0 Å². The SMILES string of the molecule is CCCCCCCC(CCCc1cccs1)NCC. The van der Waals surface area contributed by atoms with E-state index in [9.17, 15) is 0 Å². The van der Waals surface area contributed by atoms with Gasteiger partial charge in [-0.05, 0) is 43.7 Å². The second kappa shape index (κ2) is 11.5. The zero-order valence-corrected chi connectivity index (χ0v) is 13.6. The molecule has 1 N–H and O–H groups in total. The molecular weight excluding hydrogens is 250 g/mol. The van der Waals surface area contributed by atoms with Crippen LogP contribution in [0.1, 0.15) is 70.1 Å². The van der Waals surface area contributed by atoms with Crippen molar-refractivity contribution in [2.24, 2.45) is 0 Å². The first-order valence-corrected chi connectivity index (χ1v) is 9.00. The monoisotopic (exact) mass is 281 g/mol. The van der Waals surface area contributed by atoms with Gasteiger partial charge in [0.15, 0.2) is 0 Å². The first kappa shape index (κ1) is 16.7. The summed E-state index contributed by atoms with van der Waals surface area (Å²) >= 11 is 1.89. The van der Waals surface area contributed by atoms with Gasteiger partial charge in [0, 0.05) is 10.9 Å². The van der Waals surface area contributed by atoms with Crippen molar-refractivity contribution in [3.8, 4) is 0 Å². The average Bonchev–Trinajstić information content (AvgIpc) is 2.91. The van der Waals surface area contributed by atoms with Gasteiger partial charge in [0.05, 0.1) is 0 Å². The molecule has 0 spiro atoms. The van der Waals surface area contributed by atoms with Gasteiger partial charge < -0.3 is 5.32 Å². The van der Waals surface area contributed by atoms with Crippen LogP contribution >= 0.6 is 11.3 Å². The summed E-state index contributed by atoms with van der Waals surface area (Å²) in [5.41, 5.74) is 0. The molecule has 0 amide bonds. The van der Waals surface area contributed by atoms with E-state index in [2.05, 4.69) is 36.7 Å². The van der Waals surface area contributed by atoms with Crippen LogP contribution < -0.4 is 5.32 Å². The molecule has 0 saturated carbocycles. The van der Waals surface area contributed by atoms with E-state index in [1.54, 1.807) is 0 Å². The van der Waals surface area contributed by atoms with Crippen molar-refractivity contribution in [2.75, 3.05) is 6.54 Å². The normalized spacial score (nSPS) is 12.7. The molecule has 1 nitrogen and oxygen atoms in total. The zero-order valence-electron chi connectivity index (χ0n) is 12.8. The Kier molecular flexibility index (Phi) is 10.1. The number of rotatable bonds is 12. The van der Waals surface area contributed by atoms with Crippen molar-refractivity contribution in [3.63, 3.8) is 0 Å². The van der Waals surface area contributed by atoms with Crippen molar-refractivity contribution in [1.29, 1.82) is 0 Å². The number of hydrogen-bond donors (Lipinski definition) is 1. The van der Waals surface area contributed by atoms with E-state index in [0.717, 1.165) is 12.6 Å². The Morgan fingerprint density at radius 3 is 2.53 bits per heavy atom. The topological polar surface area (TPSA) is 12.0 Å². The first-order valence-electron chi connectivity index (χ1n) is 8.12. The molecule has 0 radical (unpaired) electrons. The lowest BCUT2D eigenvalue weighted by Gasteiger charge is -2.17. The Labute approximate surface area is 123 Å². The fourth-order valence-electron chi connectivity index (χ4n) is 2.61. The summed E-state index contributed by atoms with van der Waals surface area (Å²) in [7, 11) is 0. The van der Waals surface area contributed by atoms with Crippen molar-refractivity contribution in [1.82, 2.24) is 5.32 Å². The van der Waals surface area contributed by atoms with Crippen LogP contribution in [0, 0.1) is 0 Å². The number of unbranched alkanes of at least 4 members (excludes halogenated alkanes) is 4. The third-order valence-corrected chi connectivity index (χ3v) is 4.64. The molecule has 1 unspecified atom stereocenters. The largest absolute Gasteiger partial charge is 0.314 e. The molecule has 0 aliphatic carbocycles. The minimum atomic E-state index is 0.742. The molecule has 1 aromatic rings. The van der Waals surface area contributed by atoms with Crippen LogP contribution in [-0.4, -0.2) is 12.6 Å². The van der Waals surface area contributed by atoms with Crippen molar-refractivity contribution in [2.45, 2.75) is 77.7 Å². The average molecular weight is 282 g/mol. The van der Waals surface area contributed by atoms with Crippen LogP contribution in [0.3, 0.4) is 0 Å². The van der Waals surface area contributed by atoms with E-state index in [-0.39, 0.29) is 0 Å². The highest BCUT2D eigenvalue weighted by Crippen LogP contribution is 2.15. The molecule has 0 aliphatic rings. The predicted octanol–water partition coefficient (Wildman–Crippen LogP) is 5.41. The molecule has 0 aliphatic heterocycles. The van der Waals surface area contributed by atoms with Crippen LogP contribution in [0.5, 0.6) is 0 Å². The molecule has 110 valence electrons. The molecule has 0 saturated heterocycles. The molecule has 0 aromatic carbocycles. The molecule has 1 atom stereocenters. The van der Waals surface area contributed by atoms with Crippen molar-refractivity contribution >= 4 is 11.3 Å². The summed E-state index contributed by atoms with van der Waals surface area (Å²) in [5, 5.41) is 5.84. The highest BCUT2D eigenvalue weighted by atomic mass is 32.1. The minimum absolute atomic E-state index is 0.742. The lowest BCUT2D eigenvalue weighted by Crippen LogP contribution is -2.28. The van der Waals surface area contributed by atoms with E-state index in [0.29, 0.717) is 0 Å². The van der Waals surface area contributed by atoms with Crippen LogP contribution in [-0.2, 0) is 6.42 Å². The Morgan fingerprint density at radius 2 is 1.84 bits per heavy atom. The van der Waals surface area contributed by atoms with E-state index in [4.69, 9.17) is 0 Å². The van der Waals surface area contributed by atoms with Gasteiger partial charge >= 0.3 is 0 Å². The van der Waals surface area contributed by atoms with E-state index in [1.807, 2.05) is 11.3 Å². The second-order valence-corrected chi connectivity index (χ2v) is 6.46. The Morgan fingerprint density at radius 1 is 1.05 bits per heavy atom. The highest BCUT2D eigenvalue weighted by Gasteiger charge is 2.07. The highest BCUT2D eigenvalue weighted by molar-refractivity contribution is 7.09. The predicted molar refractivity (Wildman–Crippen MR) is 88.1 cm³/mol. The van der Waals surface area contributed by atoms with Gasteiger partial charge in [-0.1, -0.05) is 52.0 Å². The molecule has 1 heterocycles. The quantitative estimate of drug-likeness (QED) is 0.505. The van der Waals surface area contributed by atoms with Gasteiger partial charge in [0.1, 0.15) is 0 Å². The fourth-order valence-corrected chi connectivity index (χ4v) is 3.36. The van der Waals surface area contributed by atoms with E-state index >= 15 is 0 Å². The number of nitrogens with one attached hydrogen (secondary N) is 1. The fraction of sp³-hybridized carbons (Fsp3) is 0.765. The summed E-state index contributed by atoms with van der Waals surface area (Å²) < 4.78 is 0. The standard InChI is InChI=1S/C17H31NS/c1-3-5-6-7-8-11-16(18-4-2)12-9-13-17-14-10-15-19-17/h10,14-16,18H,3-9,11-13H2,1-2H3. The first-order chi connectivity index (χ1) is 9.36. The minimum Gasteiger partial charge on any atom is -0.314 e. The Bertz CT molecular complexity index is 281. The molecule has 2 heteroatoms. The summed E-state index contributed by atoms with van der Waals surface area (Å²) in [5.74, 6) is 0. The molecule has 0 bridgehead atoms. The number of thiophene rings is 1. The maximum atomic E-state index is 3.66. The van der Waals surface area contributed by atoms with Crippen LogP contribution in [0.25, 0.3) is 0 Å². The summed E-state index contributed by atoms with van der Waals surface area (Å²) in [6.45, 7) is 5.62. The smallest absolute Gasteiger partial charge is 0.00670 e. The number of aryl methyl sites for hydroxylation is 1.